The van der Waals surface area contributed by atoms with Crippen LogP contribution in [0.15, 0.2) is 30.3 Å². The Kier molecular flexibility index (Phi) is 7.47. The number of nitrogens with one attached hydrogen (secondary N) is 1. The Morgan fingerprint density at radius 2 is 1.96 bits per heavy atom. The van der Waals surface area contributed by atoms with Crippen LogP contribution in [0.25, 0.3) is 0 Å². The van der Waals surface area contributed by atoms with E-state index in [9.17, 15) is 30.0 Å². The molecule has 1 aromatic rings. The van der Waals surface area contributed by atoms with Gasteiger partial charge in [0.05, 0.1) is 18.8 Å². The molecule has 1 aromatic carbocycles. The van der Waals surface area contributed by atoms with Crippen molar-refractivity contribution in [2.45, 2.75) is 56.2 Å². The highest BCUT2D eigenvalue weighted by Gasteiger charge is 2.54. The molecule has 2 rings (SSSR count). The lowest BCUT2D eigenvalue weighted by Gasteiger charge is -2.45. The summed E-state index contributed by atoms with van der Waals surface area (Å²) in [5.41, 5.74) is 0.652. The molecule has 1 unspecified atom stereocenters. The van der Waals surface area contributed by atoms with Crippen LogP contribution in [0.3, 0.4) is 0 Å². The van der Waals surface area contributed by atoms with Gasteiger partial charge in [0.2, 0.25) is 5.91 Å². The van der Waals surface area contributed by atoms with Crippen LogP contribution in [-0.4, -0.2) is 80.3 Å². The number of hydrogen-bond acceptors (Lipinski definition) is 9. The standard InChI is InChI=1S/C18H25NO9/c1-10(21)19-14-12(22)7-18(26,28-16(14)15(24)13(23)8-20)17(25)27-9-11-5-3-2-4-6-11/h2-6,12-16,20,22-24,26H,7-9H2,1H3,(H,19,21)/t12-,13-,14-,15-,16?,18-/m1/s1. The lowest BCUT2D eigenvalue weighted by Crippen LogP contribution is -2.67. The molecule has 0 aromatic heterocycles. The Bertz CT molecular complexity index is 670. The van der Waals surface area contributed by atoms with Crippen LogP contribution in [-0.2, 0) is 25.7 Å². The predicted octanol–water partition coefficient (Wildman–Crippen LogP) is -2.21. The first kappa shape index (κ1) is 22.2. The third kappa shape index (κ3) is 5.25. The van der Waals surface area contributed by atoms with Crippen LogP contribution in [0.1, 0.15) is 18.9 Å². The highest BCUT2D eigenvalue weighted by atomic mass is 16.7. The maximum atomic E-state index is 12.4. The number of ether oxygens (including phenoxy) is 2. The monoisotopic (exact) mass is 399 g/mol. The van der Waals surface area contributed by atoms with Gasteiger partial charge in [0.25, 0.3) is 5.79 Å². The molecule has 0 radical (unpaired) electrons. The molecule has 6 atom stereocenters. The molecular weight excluding hydrogens is 374 g/mol. The Balaban J connectivity index is 2.17. The largest absolute Gasteiger partial charge is 0.457 e. The predicted molar refractivity (Wildman–Crippen MR) is 93.4 cm³/mol. The van der Waals surface area contributed by atoms with E-state index in [2.05, 4.69) is 5.32 Å². The zero-order valence-electron chi connectivity index (χ0n) is 15.3. The quantitative estimate of drug-likeness (QED) is 0.279. The molecule has 10 heteroatoms. The van der Waals surface area contributed by atoms with Crippen LogP contribution < -0.4 is 5.32 Å². The van der Waals surface area contributed by atoms with E-state index in [0.717, 1.165) is 6.92 Å². The van der Waals surface area contributed by atoms with Crippen molar-refractivity contribution in [2.24, 2.45) is 0 Å². The van der Waals surface area contributed by atoms with Crippen LogP contribution in [0.2, 0.25) is 0 Å². The smallest absolute Gasteiger partial charge is 0.367 e. The second-order valence-corrected chi connectivity index (χ2v) is 6.67. The fraction of sp³-hybridized carbons (Fsp3) is 0.556. The van der Waals surface area contributed by atoms with E-state index in [-0.39, 0.29) is 6.61 Å². The molecule has 156 valence electrons. The normalized spacial score (nSPS) is 29.6. The number of carbonyl (C=O) groups is 2. The molecule has 0 saturated carbocycles. The minimum absolute atomic E-state index is 0.164. The van der Waals surface area contributed by atoms with Gasteiger partial charge in [-0.25, -0.2) is 4.79 Å². The van der Waals surface area contributed by atoms with Gasteiger partial charge in [-0.3, -0.25) is 4.79 Å². The second kappa shape index (κ2) is 9.41. The van der Waals surface area contributed by atoms with E-state index in [1.807, 2.05) is 0 Å². The van der Waals surface area contributed by atoms with Crippen LogP contribution in [0, 0.1) is 0 Å². The number of aliphatic hydroxyl groups is 5. The fourth-order valence-electron chi connectivity index (χ4n) is 2.97. The zero-order valence-corrected chi connectivity index (χ0v) is 15.3. The summed E-state index contributed by atoms with van der Waals surface area (Å²) in [4.78, 5) is 23.8. The molecule has 28 heavy (non-hydrogen) atoms. The number of aliphatic hydroxyl groups excluding tert-OH is 4. The summed E-state index contributed by atoms with van der Waals surface area (Å²) in [6, 6.07) is 7.41. The number of esters is 1. The molecule has 1 aliphatic rings. The van der Waals surface area contributed by atoms with Crippen molar-refractivity contribution in [3.05, 3.63) is 35.9 Å². The Morgan fingerprint density at radius 1 is 1.32 bits per heavy atom. The third-order valence-corrected chi connectivity index (χ3v) is 4.40. The summed E-state index contributed by atoms with van der Waals surface area (Å²) in [5, 5.41) is 52.2. The number of benzene rings is 1. The molecule has 0 aliphatic carbocycles. The summed E-state index contributed by atoms with van der Waals surface area (Å²) in [6.07, 6.45) is -7.24. The molecule has 1 saturated heterocycles. The highest BCUT2D eigenvalue weighted by Crippen LogP contribution is 2.31. The van der Waals surface area contributed by atoms with Gasteiger partial charge < -0.3 is 40.3 Å². The van der Waals surface area contributed by atoms with Gasteiger partial charge in [-0.15, -0.1) is 0 Å². The summed E-state index contributed by atoms with van der Waals surface area (Å²) < 4.78 is 10.3. The lowest BCUT2D eigenvalue weighted by molar-refractivity contribution is -0.297. The summed E-state index contributed by atoms with van der Waals surface area (Å²) in [6.45, 7) is 0.150. The maximum Gasteiger partial charge on any atom is 0.367 e. The van der Waals surface area contributed by atoms with Gasteiger partial charge in [-0.05, 0) is 5.56 Å². The van der Waals surface area contributed by atoms with Gasteiger partial charge >= 0.3 is 5.97 Å². The number of hydrogen-bond donors (Lipinski definition) is 6. The van der Waals surface area contributed by atoms with Gasteiger partial charge in [-0.1, -0.05) is 30.3 Å². The molecule has 0 bridgehead atoms. The molecule has 0 spiro atoms. The Morgan fingerprint density at radius 3 is 2.54 bits per heavy atom. The topological polar surface area (TPSA) is 166 Å². The number of amides is 1. The second-order valence-electron chi connectivity index (χ2n) is 6.67. The van der Waals surface area contributed by atoms with Crippen LogP contribution >= 0.6 is 0 Å². The molecule has 1 aliphatic heterocycles. The molecule has 1 amide bonds. The minimum atomic E-state index is -2.62. The van der Waals surface area contributed by atoms with Crippen molar-refractivity contribution in [1.82, 2.24) is 5.32 Å². The van der Waals surface area contributed by atoms with E-state index in [1.54, 1.807) is 30.3 Å². The first-order chi connectivity index (χ1) is 13.2. The van der Waals surface area contributed by atoms with E-state index < -0.39 is 61.1 Å². The van der Waals surface area contributed by atoms with Crippen molar-refractivity contribution in [1.29, 1.82) is 0 Å². The van der Waals surface area contributed by atoms with Gasteiger partial charge in [0, 0.05) is 13.3 Å². The average Bonchev–Trinajstić information content (AvgIpc) is 2.67. The fourth-order valence-corrected chi connectivity index (χ4v) is 2.97. The van der Waals surface area contributed by atoms with Crippen LogP contribution in [0.5, 0.6) is 0 Å². The van der Waals surface area contributed by atoms with E-state index >= 15 is 0 Å². The first-order valence-electron chi connectivity index (χ1n) is 8.71. The third-order valence-electron chi connectivity index (χ3n) is 4.40. The Labute approximate surface area is 161 Å². The zero-order chi connectivity index (χ0) is 20.9. The lowest BCUT2D eigenvalue weighted by atomic mass is 9.88. The van der Waals surface area contributed by atoms with Crippen molar-refractivity contribution in [3.8, 4) is 0 Å². The molecule has 6 N–H and O–H groups in total. The minimum Gasteiger partial charge on any atom is -0.457 e. The Hall–Kier alpha value is -2.08. The first-order valence-corrected chi connectivity index (χ1v) is 8.71. The van der Waals surface area contributed by atoms with E-state index in [4.69, 9.17) is 14.6 Å². The maximum absolute atomic E-state index is 12.4. The van der Waals surface area contributed by atoms with Gasteiger partial charge in [0.1, 0.15) is 24.9 Å². The SMILES string of the molecule is CC(=O)N[C@H]1C([C@H](O)[C@H](O)CO)O[C@@](O)(C(=O)OCc2ccccc2)C[C@H]1O. The summed E-state index contributed by atoms with van der Waals surface area (Å²) in [5.74, 6) is -4.39. The summed E-state index contributed by atoms with van der Waals surface area (Å²) >= 11 is 0. The van der Waals surface area contributed by atoms with Crippen molar-refractivity contribution in [2.75, 3.05) is 6.61 Å². The number of carbonyl (C=O) groups excluding carboxylic acids is 2. The molecule has 1 heterocycles. The molecule has 10 nitrogen and oxygen atoms in total. The number of rotatable bonds is 7. The van der Waals surface area contributed by atoms with Gasteiger partial charge in [0.15, 0.2) is 0 Å². The summed E-state index contributed by atoms with van der Waals surface area (Å²) in [7, 11) is 0. The highest BCUT2D eigenvalue weighted by molar-refractivity contribution is 5.78. The molecule has 1 fully saturated rings. The van der Waals surface area contributed by atoms with Crippen LogP contribution in [0.4, 0.5) is 0 Å². The van der Waals surface area contributed by atoms with Crippen molar-refractivity contribution >= 4 is 11.9 Å². The van der Waals surface area contributed by atoms with E-state index in [1.165, 1.54) is 0 Å². The average molecular weight is 399 g/mol. The van der Waals surface area contributed by atoms with Crippen molar-refractivity contribution < 1.29 is 44.6 Å². The van der Waals surface area contributed by atoms with Crippen molar-refractivity contribution in [3.63, 3.8) is 0 Å². The molecular formula is C18H25NO9. The van der Waals surface area contributed by atoms with E-state index in [0.29, 0.717) is 5.56 Å². The van der Waals surface area contributed by atoms with Gasteiger partial charge in [-0.2, -0.15) is 0 Å².